The predicted molar refractivity (Wildman–Crippen MR) is 80.2 cm³/mol. The van der Waals surface area contributed by atoms with Gasteiger partial charge in [0.05, 0.1) is 5.69 Å². The van der Waals surface area contributed by atoms with E-state index in [0.29, 0.717) is 0 Å². The van der Waals surface area contributed by atoms with Crippen LogP contribution in [0.4, 0.5) is 0 Å². The molecule has 3 rings (SSSR count). The second-order valence-corrected chi connectivity index (χ2v) is 5.58. The molecule has 0 saturated heterocycles. The van der Waals surface area contributed by atoms with Crippen LogP contribution in [-0.2, 0) is 6.42 Å². The fourth-order valence-corrected chi connectivity index (χ4v) is 2.60. The van der Waals surface area contributed by atoms with Crippen LogP contribution in [0.15, 0.2) is 24.4 Å². The molecule has 0 aliphatic heterocycles. The molecule has 4 heteroatoms. The maximum atomic E-state index is 4.64. The van der Waals surface area contributed by atoms with Gasteiger partial charge in [0.15, 0.2) is 5.82 Å². The topological polar surface area (TPSA) is 42.7 Å². The van der Waals surface area contributed by atoms with Crippen LogP contribution < -0.4 is 5.32 Å². The van der Waals surface area contributed by atoms with Crippen molar-refractivity contribution in [3.63, 3.8) is 0 Å². The highest BCUT2D eigenvalue weighted by atomic mass is 15.3. The third-order valence-electron chi connectivity index (χ3n) is 3.92. The van der Waals surface area contributed by atoms with Gasteiger partial charge in [-0.1, -0.05) is 6.07 Å². The first-order valence-corrected chi connectivity index (χ1v) is 7.45. The van der Waals surface area contributed by atoms with Crippen LogP contribution in [0.1, 0.15) is 36.2 Å². The molecular weight excluding hydrogens is 248 g/mol. The lowest BCUT2D eigenvalue weighted by molar-refractivity contribution is 0.644. The molecule has 1 aliphatic carbocycles. The summed E-state index contributed by atoms with van der Waals surface area (Å²) in [6.45, 7) is 5.34. The number of aromatic nitrogens is 3. The molecule has 20 heavy (non-hydrogen) atoms. The van der Waals surface area contributed by atoms with Gasteiger partial charge in [0.2, 0.25) is 0 Å². The lowest BCUT2D eigenvalue weighted by Gasteiger charge is -2.05. The van der Waals surface area contributed by atoms with E-state index in [-0.39, 0.29) is 0 Å². The van der Waals surface area contributed by atoms with Gasteiger partial charge in [-0.15, -0.1) is 0 Å². The molecule has 2 aromatic rings. The fourth-order valence-electron chi connectivity index (χ4n) is 2.60. The van der Waals surface area contributed by atoms with Crippen molar-refractivity contribution in [1.82, 2.24) is 20.1 Å². The van der Waals surface area contributed by atoms with Crippen LogP contribution in [0, 0.1) is 13.8 Å². The summed E-state index contributed by atoms with van der Waals surface area (Å²) in [5, 5.41) is 8.21. The molecule has 0 bridgehead atoms. The van der Waals surface area contributed by atoms with Gasteiger partial charge < -0.3 is 5.32 Å². The molecule has 1 N–H and O–H groups in total. The molecule has 0 amide bonds. The Morgan fingerprint density at radius 3 is 2.85 bits per heavy atom. The first-order valence-electron chi connectivity index (χ1n) is 7.45. The molecule has 2 aromatic heterocycles. The number of hydrogen-bond donors (Lipinski definition) is 1. The van der Waals surface area contributed by atoms with Crippen molar-refractivity contribution in [3.05, 3.63) is 41.3 Å². The van der Waals surface area contributed by atoms with Crippen molar-refractivity contribution in [2.24, 2.45) is 0 Å². The molecule has 0 spiro atoms. The minimum Gasteiger partial charge on any atom is -0.314 e. The Labute approximate surface area is 120 Å². The van der Waals surface area contributed by atoms with Gasteiger partial charge in [-0.05, 0) is 63.8 Å². The van der Waals surface area contributed by atoms with Crippen LogP contribution in [0.2, 0.25) is 0 Å². The summed E-state index contributed by atoms with van der Waals surface area (Å²) in [4.78, 5) is 4.38. The van der Waals surface area contributed by atoms with Crippen LogP contribution >= 0.6 is 0 Å². The summed E-state index contributed by atoms with van der Waals surface area (Å²) in [6, 6.07) is 6.73. The normalized spacial score (nSPS) is 14.7. The first kappa shape index (κ1) is 13.3. The highest BCUT2D eigenvalue weighted by Gasteiger charge is 2.20. The quantitative estimate of drug-likeness (QED) is 0.820. The Morgan fingerprint density at radius 2 is 2.15 bits per heavy atom. The monoisotopic (exact) mass is 270 g/mol. The maximum Gasteiger partial charge on any atom is 0.153 e. The summed E-state index contributed by atoms with van der Waals surface area (Å²) in [6.07, 6.45) is 6.78. The van der Waals surface area contributed by atoms with E-state index in [1.54, 1.807) is 0 Å². The van der Waals surface area contributed by atoms with Crippen LogP contribution in [0.3, 0.4) is 0 Å². The Morgan fingerprint density at radius 1 is 1.30 bits per heavy atom. The van der Waals surface area contributed by atoms with Crippen molar-refractivity contribution in [1.29, 1.82) is 0 Å². The second kappa shape index (κ2) is 5.75. The summed E-state index contributed by atoms with van der Waals surface area (Å²) >= 11 is 0. The van der Waals surface area contributed by atoms with Crippen LogP contribution in [0.5, 0.6) is 0 Å². The fraction of sp³-hybridized carbons (Fsp3) is 0.500. The average Bonchev–Trinajstić information content (AvgIpc) is 3.24. The average molecular weight is 270 g/mol. The third kappa shape index (κ3) is 2.90. The molecule has 1 aliphatic rings. The van der Waals surface area contributed by atoms with Gasteiger partial charge >= 0.3 is 0 Å². The largest absolute Gasteiger partial charge is 0.314 e. The zero-order valence-corrected chi connectivity index (χ0v) is 12.3. The number of aryl methyl sites for hydroxylation is 1. The first-order chi connectivity index (χ1) is 9.75. The van der Waals surface area contributed by atoms with E-state index in [2.05, 4.69) is 29.2 Å². The number of pyridine rings is 1. The van der Waals surface area contributed by atoms with Crippen molar-refractivity contribution in [2.75, 3.05) is 6.54 Å². The van der Waals surface area contributed by atoms with Gasteiger partial charge in [0.1, 0.15) is 0 Å². The van der Waals surface area contributed by atoms with Crippen molar-refractivity contribution < 1.29 is 0 Å². The van der Waals surface area contributed by atoms with Crippen LogP contribution in [-0.4, -0.2) is 27.4 Å². The molecule has 1 fully saturated rings. The molecule has 1 saturated carbocycles. The molecule has 4 nitrogen and oxygen atoms in total. The van der Waals surface area contributed by atoms with Gasteiger partial charge in [-0.25, -0.2) is 9.67 Å². The molecule has 0 unspecified atom stereocenters. The SMILES string of the molecule is Cc1nn(-c2ccccn2)c(C)c1CCCNC1CC1. The van der Waals surface area contributed by atoms with E-state index in [4.69, 9.17) is 0 Å². The molecule has 0 atom stereocenters. The Bertz CT molecular complexity index is 570. The van der Waals surface area contributed by atoms with E-state index in [9.17, 15) is 0 Å². The lowest BCUT2D eigenvalue weighted by atomic mass is 10.1. The third-order valence-corrected chi connectivity index (χ3v) is 3.92. The predicted octanol–water partition coefficient (Wildman–Crippen LogP) is 2.57. The van der Waals surface area contributed by atoms with Gasteiger partial charge in [0, 0.05) is 17.9 Å². The minimum absolute atomic E-state index is 0.799. The number of rotatable bonds is 6. The standard InChI is InChI=1S/C16H22N4/c1-12-15(6-5-11-17-14-8-9-14)13(2)20(19-12)16-7-3-4-10-18-16/h3-4,7,10,14,17H,5-6,8-9,11H2,1-2H3. The van der Waals surface area contributed by atoms with E-state index in [1.165, 1.54) is 30.5 Å². The second-order valence-electron chi connectivity index (χ2n) is 5.58. The van der Waals surface area contributed by atoms with Gasteiger partial charge in [0.25, 0.3) is 0 Å². The van der Waals surface area contributed by atoms with Gasteiger partial charge in [-0.2, -0.15) is 5.10 Å². The number of hydrogen-bond acceptors (Lipinski definition) is 3. The summed E-state index contributed by atoms with van der Waals surface area (Å²) in [5.74, 6) is 0.899. The Kier molecular flexibility index (Phi) is 3.83. The summed E-state index contributed by atoms with van der Waals surface area (Å²) in [7, 11) is 0. The van der Waals surface area contributed by atoms with E-state index in [1.807, 2.05) is 29.1 Å². The number of nitrogens with one attached hydrogen (secondary N) is 1. The highest BCUT2D eigenvalue weighted by Crippen LogP contribution is 2.20. The molecule has 0 aromatic carbocycles. The van der Waals surface area contributed by atoms with E-state index < -0.39 is 0 Å². The molecular formula is C16H22N4. The van der Waals surface area contributed by atoms with E-state index >= 15 is 0 Å². The highest BCUT2D eigenvalue weighted by molar-refractivity contribution is 5.32. The zero-order chi connectivity index (χ0) is 13.9. The Hall–Kier alpha value is -1.68. The van der Waals surface area contributed by atoms with Crippen molar-refractivity contribution >= 4 is 0 Å². The molecule has 2 heterocycles. The summed E-state index contributed by atoms with van der Waals surface area (Å²) < 4.78 is 1.96. The zero-order valence-electron chi connectivity index (χ0n) is 12.3. The minimum atomic E-state index is 0.799. The Balaban J connectivity index is 1.69. The maximum absolute atomic E-state index is 4.64. The molecule has 106 valence electrons. The van der Waals surface area contributed by atoms with Crippen molar-refractivity contribution in [3.8, 4) is 5.82 Å². The van der Waals surface area contributed by atoms with Crippen LogP contribution in [0.25, 0.3) is 5.82 Å². The van der Waals surface area contributed by atoms with Crippen molar-refractivity contribution in [2.45, 2.75) is 45.6 Å². The number of nitrogens with zero attached hydrogens (tertiary/aromatic N) is 3. The smallest absolute Gasteiger partial charge is 0.153 e. The summed E-state index contributed by atoms with van der Waals surface area (Å²) in [5.41, 5.74) is 3.71. The van der Waals surface area contributed by atoms with E-state index in [0.717, 1.165) is 30.5 Å². The van der Waals surface area contributed by atoms with Gasteiger partial charge in [-0.3, -0.25) is 0 Å². The lowest BCUT2D eigenvalue weighted by Crippen LogP contribution is -2.18. The molecule has 0 radical (unpaired) electrons.